The molecule has 3 heteroatoms. The number of piperazine rings is 1. The lowest BCUT2D eigenvalue weighted by Gasteiger charge is -2.44. The third-order valence-electron chi connectivity index (χ3n) is 4.22. The van der Waals surface area contributed by atoms with Gasteiger partial charge in [-0.05, 0) is 37.0 Å². The molecule has 1 aromatic carbocycles. The van der Waals surface area contributed by atoms with Gasteiger partial charge in [0.15, 0.2) is 0 Å². The summed E-state index contributed by atoms with van der Waals surface area (Å²) in [5.41, 5.74) is 1.20. The Morgan fingerprint density at radius 3 is 3.16 bits per heavy atom. The fourth-order valence-corrected chi connectivity index (χ4v) is 3.45. The first kappa shape index (κ1) is 13.2. The molecule has 19 heavy (non-hydrogen) atoms. The standard InChI is InChI=1S/C16H21ClN2/c17-14-4-1-3-13(11-14)7-8-15-5-2-6-16-12-18-9-10-19(15)16/h1,3-4,7-8,11,15-16,18H,2,5-6,9-10,12H2/b8-7+/t15?,16-/m0/s1. The fraction of sp³-hybridized carbons (Fsp3) is 0.500. The number of rotatable bonds is 2. The van der Waals surface area contributed by atoms with E-state index in [4.69, 9.17) is 11.6 Å². The summed E-state index contributed by atoms with van der Waals surface area (Å²) in [6.45, 7) is 3.45. The molecule has 0 aliphatic carbocycles. The maximum Gasteiger partial charge on any atom is 0.0411 e. The summed E-state index contributed by atoms with van der Waals surface area (Å²) in [7, 11) is 0. The van der Waals surface area contributed by atoms with Crippen molar-refractivity contribution in [2.75, 3.05) is 19.6 Å². The van der Waals surface area contributed by atoms with E-state index in [0.717, 1.165) is 24.2 Å². The van der Waals surface area contributed by atoms with E-state index in [0.29, 0.717) is 6.04 Å². The largest absolute Gasteiger partial charge is 0.314 e. The number of hydrogen-bond acceptors (Lipinski definition) is 2. The quantitative estimate of drug-likeness (QED) is 0.893. The summed E-state index contributed by atoms with van der Waals surface area (Å²) in [5, 5.41) is 4.31. The minimum atomic E-state index is 0.597. The fourth-order valence-electron chi connectivity index (χ4n) is 3.25. The van der Waals surface area contributed by atoms with Gasteiger partial charge in [0.05, 0.1) is 0 Å². The first-order valence-corrected chi connectivity index (χ1v) is 7.61. The van der Waals surface area contributed by atoms with Crippen LogP contribution in [0.1, 0.15) is 24.8 Å². The number of fused-ring (bicyclic) bond motifs is 1. The van der Waals surface area contributed by atoms with Crippen LogP contribution in [-0.2, 0) is 0 Å². The third-order valence-corrected chi connectivity index (χ3v) is 4.45. The van der Waals surface area contributed by atoms with Crippen molar-refractivity contribution in [1.82, 2.24) is 10.2 Å². The van der Waals surface area contributed by atoms with Gasteiger partial charge >= 0.3 is 0 Å². The minimum absolute atomic E-state index is 0.597. The first-order chi connectivity index (χ1) is 9.33. The monoisotopic (exact) mass is 276 g/mol. The molecule has 2 aliphatic heterocycles. The molecule has 1 unspecified atom stereocenters. The molecule has 0 spiro atoms. The van der Waals surface area contributed by atoms with Gasteiger partial charge in [-0.3, -0.25) is 4.90 Å². The first-order valence-electron chi connectivity index (χ1n) is 7.23. The van der Waals surface area contributed by atoms with Gasteiger partial charge in [-0.15, -0.1) is 0 Å². The zero-order valence-electron chi connectivity index (χ0n) is 11.2. The lowest BCUT2D eigenvalue weighted by molar-refractivity contribution is 0.0856. The molecule has 0 bridgehead atoms. The van der Waals surface area contributed by atoms with Crippen LogP contribution in [0.15, 0.2) is 30.3 Å². The molecule has 102 valence electrons. The van der Waals surface area contributed by atoms with E-state index < -0.39 is 0 Å². The van der Waals surface area contributed by atoms with Crippen LogP contribution in [0.3, 0.4) is 0 Å². The Bertz CT molecular complexity index is 456. The third kappa shape index (κ3) is 3.19. The molecule has 3 rings (SSSR count). The molecular weight excluding hydrogens is 256 g/mol. The Balaban J connectivity index is 1.71. The Morgan fingerprint density at radius 2 is 2.26 bits per heavy atom. The molecule has 0 amide bonds. The van der Waals surface area contributed by atoms with Gasteiger partial charge in [0, 0.05) is 36.7 Å². The maximum absolute atomic E-state index is 6.02. The zero-order chi connectivity index (χ0) is 13.1. The summed E-state index contributed by atoms with van der Waals surface area (Å²) in [6.07, 6.45) is 8.56. The molecule has 0 radical (unpaired) electrons. The van der Waals surface area contributed by atoms with E-state index in [-0.39, 0.29) is 0 Å². The van der Waals surface area contributed by atoms with Crippen LogP contribution < -0.4 is 5.32 Å². The van der Waals surface area contributed by atoms with Gasteiger partial charge in [0.2, 0.25) is 0 Å². The highest BCUT2D eigenvalue weighted by Gasteiger charge is 2.30. The number of nitrogens with one attached hydrogen (secondary N) is 1. The molecule has 2 heterocycles. The predicted molar refractivity (Wildman–Crippen MR) is 81.5 cm³/mol. The lowest BCUT2D eigenvalue weighted by atomic mass is 9.93. The number of nitrogens with zero attached hydrogens (tertiary/aromatic N) is 1. The van der Waals surface area contributed by atoms with Gasteiger partial charge in [-0.1, -0.05) is 35.9 Å². The van der Waals surface area contributed by atoms with E-state index in [2.05, 4.69) is 28.4 Å². The molecule has 0 saturated carbocycles. The van der Waals surface area contributed by atoms with Crippen molar-refractivity contribution in [2.45, 2.75) is 31.3 Å². The number of hydrogen-bond donors (Lipinski definition) is 1. The molecule has 2 nitrogen and oxygen atoms in total. The molecule has 1 N–H and O–H groups in total. The van der Waals surface area contributed by atoms with Gasteiger partial charge in [0.1, 0.15) is 0 Å². The Kier molecular flexibility index (Phi) is 4.21. The minimum Gasteiger partial charge on any atom is -0.314 e. The summed E-state index contributed by atoms with van der Waals surface area (Å²) < 4.78 is 0. The summed E-state index contributed by atoms with van der Waals surface area (Å²) in [4.78, 5) is 2.67. The van der Waals surface area contributed by atoms with Crippen LogP contribution in [0.4, 0.5) is 0 Å². The second kappa shape index (κ2) is 6.08. The Morgan fingerprint density at radius 1 is 1.32 bits per heavy atom. The van der Waals surface area contributed by atoms with Gasteiger partial charge in [-0.25, -0.2) is 0 Å². The molecule has 2 aliphatic rings. The predicted octanol–water partition coefficient (Wildman–Crippen LogP) is 3.18. The van der Waals surface area contributed by atoms with E-state index in [1.165, 1.54) is 31.4 Å². The highest BCUT2D eigenvalue weighted by Crippen LogP contribution is 2.25. The van der Waals surface area contributed by atoms with Crippen LogP contribution >= 0.6 is 11.6 Å². The van der Waals surface area contributed by atoms with E-state index in [1.807, 2.05) is 18.2 Å². The smallest absolute Gasteiger partial charge is 0.0411 e. The van der Waals surface area contributed by atoms with E-state index >= 15 is 0 Å². The topological polar surface area (TPSA) is 15.3 Å². The van der Waals surface area contributed by atoms with Crippen molar-refractivity contribution in [1.29, 1.82) is 0 Å². The summed E-state index contributed by atoms with van der Waals surface area (Å²) in [5.74, 6) is 0. The van der Waals surface area contributed by atoms with Gasteiger partial charge in [-0.2, -0.15) is 0 Å². The molecule has 0 aromatic heterocycles. The van der Waals surface area contributed by atoms with E-state index in [1.54, 1.807) is 0 Å². The van der Waals surface area contributed by atoms with Gasteiger partial charge in [0.25, 0.3) is 0 Å². The average molecular weight is 277 g/mol. The van der Waals surface area contributed by atoms with Crippen LogP contribution in [0.5, 0.6) is 0 Å². The second-order valence-electron chi connectivity index (χ2n) is 5.51. The summed E-state index contributed by atoms with van der Waals surface area (Å²) in [6, 6.07) is 9.40. The van der Waals surface area contributed by atoms with Crippen molar-refractivity contribution < 1.29 is 0 Å². The van der Waals surface area contributed by atoms with Crippen LogP contribution in [-0.4, -0.2) is 36.6 Å². The molecular formula is C16H21ClN2. The van der Waals surface area contributed by atoms with Crippen molar-refractivity contribution >= 4 is 17.7 Å². The SMILES string of the molecule is Clc1cccc(/C=C/C2CCC[C@H]3CNCCN23)c1. The molecule has 2 atom stereocenters. The van der Waals surface area contributed by atoms with Crippen LogP contribution in [0.25, 0.3) is 6.08 Å². The van der Waals surface area contributed by atoms with Crippen LogP contribution in [0, 0.1) is 0 Å². The zero-order valence-corrected chi connectivity index (χ0v) is 11.9. The second-order valence-corrected chi connectivity index (χ2v) is 5.94. The van der Waals surface area contributed by atoms with Crippen LogP contribution in [0.2, 0.25) is 5.02 Å². The highest BCUT2D eigenvalue weighted by atomic mass is 35.5. The Hall–Kier alpha value is -0.830. The number of piperidine rings is 1. The van der Waals surface area contributed by atoms with Crippen molar-refractivity contribution in [2.24, 2.45) is 0 Å². The van der Waals surface area contributed by atoms with Crippen molar-refractivity contribution in [3.8, 4) is 0 Å². The molecule has 2 saturated heterocycles. The average Bonchev–Trinajstić information content (AvgIpc) is 2.45. The lowest BCUT2D eigenvalue weighted by Crippen LogP contribution is -2.56. The van der Waals surface area contributed by atoms with Gasteiger partial charge < -0.3 is 5.32 Å². The number of halogens is 1. The van der Waals surface area contributed by atoms with E-state index in [9.17, 15) is 0 Å². The van der Waals surface area contributed by atoms with Crippen molar-refractivity contribution in [3.63, 3.8) is 0 Å². The van der Waals surface area contributed by atoms with Crippen molar-refractivity contribution in [3.05, 3.63) is 40.9 Å². The summed E-state index contributed by atoms with van der Waals surface area (Å²) >= 11 is 6.02. The normalized spacial score (nSPS) is 28.5. The number of benzene rings is 1. The highest BCUT2D eigenvalue weighted by molar-refractivity contribution is 6.30. The maximum atomic E-state index is 6.02. The molecule has 2 fully saturated rings. The molecule has 1 aromatic rings. The Labute approximate surface area is 120 Å².